The molecule has 0 aliphatic carbocycles. The van der Waals surface area contributed by atoms with Crippen LogP contribution in [0.2, 0.25) is 0 Å². The SMILES string of the molecule is Cc1cc(C(=O)NC2CCN(CCCCCO)CC2)c(C)o1. The second kappa shape index (κ2) is 8.34. The van der Waals surface area contributed by atoms with Crippen LogP contribution in [0.3, 0.4) is 0 Å². The highest BCUT2D eigenvalue weighted by Crippen LogP contribution is 2.16. The standard InChI is InChI=1S/C17H28N2O3/c1-13-12-16(14(2)22-13)17(21)18-15-6-9-19(10-7-15)8-4-3-5-11-20/h12,15,20H,3-11H2,1-2H3,(H,18,21). The largest absolute Gasteiger partial charge is 0.466 e. The lowest BCUT2D eigenvalue weighted by atomic mass is 10.0. The number of hydrogen-bond donors (Lipinski definition) is 2. The number of nitrogens with zero attached hydrogens (tertiary/aromatic N) is 1. The molecular weight excluding hydrogens is 280 g/mol. The minimum atomic E-state index is -0.0178. The van der Waals surface area contributed by atoms with E-state index in [9.17, 15) is 4.79 Å². The van der Waals surface area contributed by atoms with E-state index in [1.54, 1.807) is 6.07 Å². The molecule has 0 unspecified atom stereocenters. The van der Waals surface area contributed by atoms with Crippen LogP contribution in [-0.4, -0.2) is 48.2 Å². The topological polar surface area (TPSA) is 65.7 Å². The number of hydrogen-bond acceptors (Lipinski definition) is 4. The molecular formula is C17H28N2O3. The summed E-state index contributed by atoms with van der Waals surface area (Å²) in [4.78, 5) is 14.7. The van der Waals surface area contributed by atoms with Crippen LogP contribution in [0.4, 0.5) is 0 Å². The van der Waals surface area contributed by atoms with Gasteiger partial charge < -0.3 is 19.7 Å². The summed E-state index contributed by atoms with van der Waals surface area (Å²) < 4.78 is 5.42. The summed E-state index contributed by atoms with van der Waals surface area (Å²) in [5, 5.41) is 11.9. The molecule has 1 aromatic heterocycles. The molecule has 22 heavy (non-hydrogen) atoms. The van der Waals surface area contributed by atoms with E-state index in [1.165, 1.54) is 0 Å². The second-order valence-electron chi connectivity index (χ2n) is 6.20. The van der Waals surface area contributed by atoms with Crippen LogP contribution in [0.15, 0.2) is 10.5 Å². The fraction of sp³-hybridized carbons (Fsp3) is 0.706. The quantitative estimate of drug-likeness (QED) is 0.758. The van der Waals surface area contributed by atoms with Gasteiger partial charge in [-0.3, -0.25) is 4.79 Å². The van der Waals surface area contributed by atoms with Crippen LogP contribution >= 0.6 is 0 Å². The third kappa shape index (κ3) is 4.85. The Bertz CT molecular complexity index is 476. The Kier molecular flexibility index (Phi) is 6.46. The van der Waals surface area contributed by atoms with Crippen LogP contribution in [0.1, 0.15) is 54.0 Å². The molecule has 2 heterocycles. The monoisotopic (exact) mass is 308 g/mol. The molecule has 0 radical (unpaired) electrons. The lowest BCUT2D eigenvalue weighted by molar-refractivity contribution is 0.0909. The van der Waals surface area contributed by atoms with Gasteiger partial charge in [0.2, 0.25) is 0 Å². The van der Waals surface area contributed by atoms with E-state index >= 15 is 0 Å². The van der Waals surface area contributed by atoms with Crippen LogP contribution in [0, 0.1) is 13.8 Å². The van der Waals surface area contributed by atoms with Crippen LogP contribution in [0.5, 0.6) is 0 Å². The predicted molar refractivity (Wildman–Crippen MR) is 86.0 cm³/mol. The minimum Gasteiger partial charge on any atom is -0.466 e. The molecule has 0 aromatic carbocycles. The molecule has 0 saturated carbocycles. The van der Waals surface area contributed by atoms with Crippen molar-refractivity contribution in [3.8, 4) is 0 Å². The van der Waals surface area contributed by atoms with Gasteiger partial charge >= 0.3 is 0 Å². The van der Waals surface area contributed by atoms with Crippen molar-refractivity contribution in [2.24, 2.45) is 0 Å². The number of aliphatic hydroxyl groups is 1. The summed E-state index contributed by atoms with van der Waals surface area (Å²) in [6.07, 6.45) is 5.14. The van der Waals surface area contributed by atoms with Crippen molar-refractivity contribution >= 4 is 5.91 Å². The molecule has 0 bridgehead atoms. The fourth-order valence-electron chi connectivity index (χ4n) is 3.04. The Morgan fingerprint density at radius 1 is 1.32 bits per heavy atom. The molecule has 5 nitrogen and oxygen atoms in total. The van der Waals surface area contributed by atoms with E-state index in [2.05, 4.69) is 10.2 Å². The highest BCUT2D eigenvalue weighted by atomic mass is 16.3. The smallest absolute Gasteiger partial charge is 0.255 e. The zero-order valence-electron chi connectivity index (χ0n) is 13.7. The van der Waals surface area contributed by atoms with Gasteiger partial charge in [0.15, 0.2) is 0 Å². The lowest BCUT2D eigenvalue weighted by Gasteiger charge is -2.32. The molecule has 1 saturated heterocycles. The number of nitrogens with one attached hydrogen (secondary N) is 1. The van der Waals surface area contributed by atoms with Gasteiger partial charge in [0.1, 0.15) is 11.5 Å². The Hall–Kier alpha value is -1.33. The number of furan rings is 1. The van der Waals surface area contributed by atoms with Gasteiger partial charge in [-0.15, -0.1) is 0 Å². The zero-order valence-corrected chi connectivity index (χ0v) is 13.7. The Morgan fingerprint density at radius 2 is 2.05 bits per heavy atom. The third-order valence-corrected chi connectivity index (χ3v) is 4.34. The van der Waals surface area contributed by atoms with Crippen molar-refractivity contribution in [1.82, 2.24) is 10.2 Å². The average molecular weight is 308 g/mol. The van der Waals surface area contributed by atoms with Crippen LogP contribution in [0.25, 0.3) is 0 Å². The minimum absolute atomic E-state index is 0.0178. The molecule has 0 spiro atoms. The van der Waals surface area contributed by atoms with Crippen molar-refractivity contribution < 1.29 is 14.3 Å². The van der Waals surface area contributed by atoms with Crippen molar-refractivity contribution in [1.29, 1.82) is 0 Å². The molecule has 5 heteroatoms. The van der Waals surface area contributed by atoms with Crippen molar-refractivity contribution in [3.63, 3.8) is 0 Å². The highest BCUT2D eigenvalue weighted by molar-refractivity contribution is 5.95. The van der Waals surface area contributed by atoms with Gasteiger partial charge in [-0.25, -0.2) is 0 Å². The maximum absolute atomic E-state index is 12.3. The van der Waals surface area contributed by atoms with Crippen molar-refractivity contribution in [3.05, 3.63) is 23.2 Å². The lowest BCUT2D eigenvalue weighted by Crippen LogP contribution is -2.44. The Balaban J connectivity index is 1.71. The first-order chi connectivity index (χ1) is 10.6. The number of carbonyl (C=O) groups excluding carboxylic acids is 1. The molecule has 1 aliphatic rings. The van der Waals surface area contributed by atoms with E-state index < -0.39 is 0 Å². The van der Waals surface area contributed by atoms with Crippen LogP contribution in [-0.2, 0) is 0 Å². The number of likely N-dealkylation sites (tertiary alicyclic amines) is 1. The predicted octanol–water partition coefficient (Wildman–Crippen LogP) is 2.25. The number of aryl methyl sites for hydroxylation is 2. The number of rotatable bonds is 7. The van der Waals surface area contributed by atoms with Gasteiger partial charge in [0.05, 0.1) is 5.56 Å². The second-order valence-corrected chi connectivity index (χ2v) is 6.20. The summed E-state index contributed by atoms with van der Waals surface area (Å²) in [5.74, 6) is 1.45. The van der Waals surface area contributed by atoms with Gasteiger partial charge in [-0.05, 0) is 58.6 Å². The van der Waals surface area contributed by atoms with E-state index in [1.807, 2.05) is 13.8 Å². The summed E-state index contributed by atoms with van der Waals surface area (Å²) >= 11 is 0. The highest BCUT2D eigenvalue weighted by Gasteiger charge is 2.22. The van der Waals surface area contributed by atoms with E-state index in [0.29, 0.717) is 17.9 Å². The molecule has 1 amide bonds. The Labute approximate surface area is 132 Å². The first-order valence-corrected chi connectivity index (χ1v) is 8.31. The molecule has 124 valence electrons. The number of carbonyl (C=O) groups is 1. The maximum atomic E-state index is 12.3. The molecule has 2 N–H and O–H groups in total. The summed E-state index contributed by atoms with van der Waals surface area (Å²) in [6.45, 7) is 7.15. The van der Waals surface area contributed by atoms with E-state index in [-0.39, 0.29) is 11.9 Å². The molecule has 0 atom stereocenters. The van der Waals surface area contributed by atoms with Crippen molar-refractivity contribution in [2.45, 2.75) is 52.0 Å². The summed E-state index contributed by atoms with van der Waals surface area (Å²) in [5.41, 5.74) is 0.656. The average Bonchev–Trinajstić information content (AvgIpc) is 2.84. The van der Waals surface area contributed by atoms with E-state index in [4.69, 9.17) is 9.52 Å². The number of amides is 1. The van der Waals surface area contributed by atoms with Gasteiger partial charge in [0, 0.05) is 25.7 Å². The summed E-state index contributed by atoms with van der Waals surface area (Å²) in [6, 6.07) is 2.07. The first-order valence-electron chi connectivity index (χ1n) is 8.31. The van der Waals surface area contributed by atoms with Gasteiger partial charge in [-0.2, -0.15) is 0 Å². The van der Waals surface area contributed by atoms with Crippen LogP contribution < -0.4 is 5.32 Å². The van der Waals surface area contributed by atoms with Crippen molar-refractivity contribution in [2.75, 3.05) is 26.2 Å². The Morgan fingerprint density at radius 3 is 2.64 bits per heavy atom. The molecule has 2 rings (SSSR count). The van der Waals surface area contributed by atoms with Gasteiger partial charge in [0.25, 0.3) is 5.91 Å². The number of piperidine rings is 1. The normalized spacial score (nSPS) is 16.9. The number of aliphatic hydroxyl groups excluding tert-OH is 1. The first kappa shape index (κ1) is 17.0. The molecule has 1 aromatic rings. The third-order valence-electron chi connectivity index (χ3n) is 4.34. The molecule has 1 fully saturated rings. The molecule has 1 aliphatic heterocycles. The van der Waals surface area contributed by atoms with E-state index in [0.717, 1.165) is 57.5 Å². The number of unbranched alkanes of at least 4 members (excludes halogenated alkanes) is 2. The fourth-order valence-corrected chi connectivity index (χ4v) is 3.04. The summed E-state index contributed by atoms with van der Waals surface area (Å²) in [7, 11) is 0. The van der Waals surface area contributed by atoms with Gasteiger partial charge in [-0.1, -0.05) is 0 Å². The maximum Gasteiger partial charge on any atom is 0.255 e. The zero-order chi connectivity index (χ0) is 15.9.